The minimum atomic E-state index is -0.235. The molecule has 74 valence electrons. The van der Waals surface area contributed by atoms with E-state index in [-0.39, 0.29) is 19.3 Å². The predicted molar refractivity (Wildman–Crippen MR) is 51.7 cm³/mol. The van der Waals surface area contributed by atoms with E-state index in [1.165, 1.54) is 0 Å². The molecule has 1 aromatic heterocycles. The normalized spacial score (nSPS) is 11.1. The second-order valence-corrected chi connectivity index (χ2v) is 3.74. The number of aliphatic hydroxyl groups excluding tert-OH is 2. The standard InChI is InChI=1S/C8H14N2O2S/c1-6-8(13-5-10-6)2-9-7(3-11)4-12/h5,7,9,11-12H,2-4H2,1H3. The largest absolute Gasteiger partial charge is 0.395 e. The predicted octanol–water partition coefficient (Wildman–Crippen LogP) is -0.106. The van der Waals surface area contributed by atoms with E-state index in [0.717, 1.165) is 10.6 Å². The van der Waals surface area contributed by atoms with E-state index < -0.39 is 0 Å². The molecule has 0 spiro atoms. The van der Waals surface area contributed by atoms with Gasteiger partial charge in [0, 0.05) is 11.4 Å². The highest BCUT2D eigenvalue weighted by Crippen LogP contribution is 2.11. The molecule has 1 aromatic rings. The fraction of sp³-hybridized carbons (Fsp3) is 0.625. The zero-order valence-electron chi connectivity index (χ0n) is 7.53. The number of hydrogen-bond acceptors (Lipinski definition) is 5. The maximum absolute atomic E-state index is 8.79. The van der Waals surface area contributed by atoms with Gasteiger partial charge in [-0.2, -0.15) is 0 Å². The molecule has 0 aliphatic carbocycles. The lowest BCUT2D eigenvalue weighted by Gasteiger charge is -2.12. The molecule has 0 aliphatic heterocycles. The van der Waals surface area contributed by atoms with Gasteiger partial charge in [-0.15, -0.1) is 11.3 Å². The first kappa shape index (κ1) is 10.6. The van der Waals surface area contributed by atoms with Crippen molar-refractivity contribution in [2.45, 2.75) is 19.5 Å². The number of aryl methyl sites for hydroxylation is 1. The molecular formula is C8H14N2O2S. The molecule has 0 radical (unpaired) electrons. The van der Waals surface area contributed by atoms with Crippen molar-refractivity contribution < 1.29 is 10.2 Å². The summed E-state index contributed by atoms with van der Waals surface area (Å²) in [6.45, 7) is 2.51. The zero-order chi connectivity index (χ0) is 9.68. The average Bonchev–Trinajstić information content (AvgIpc) is 2.54. The highest BCUT2D eigenvalue weighted by Gasteiger charge is 2.06. The molecule has 3 N–H and O–H groups in total. The van der Waals surface area contributed by atoms with Crippen molar-refractivity contribution in [1.29, 1.82) is 0 Å². The summed E-state index contributed by atoms with van der Waals surface area (Å²) in [6, 6.07) is -0.235. The molecule has 0 aromatic carbocycles. The van der Waals surface area contributed by atoms with E-state index in [0.29, 0.717) is 6.54 Å². The molecule has 1 heterocycles. The zero-order valence-corrected chi connectivity index (χ0v) is 8.34. The Morgan fingerprint density at radius 1 is 1.54 bits per heavy atom. The van der Waals surface area contributed by atoms with Crippen LogP contribution >= 0.6 is 11.3 Å². The van der Waals surface area contributed by atoms with Crippen LogP contribution in [0, 0.1) is 6.92 Å². The van der Waals surface area contributed by atoms with E-state index in [9.17, 15) is 0 Å². The Kier molecular flexibility index (Phi) is 4.31. The number of nitrogens with one attached hydrogen (secondary N) is 1. The molecule has 0 saturated heterocycles. The molecule has 4 nitrogen and oxygen atoms in total. The third-order valence-corrected chi connectivity index (χ3v) is 2.77. The van der Waals surface area contributed by atoms with Crippen LogP contribution in [0.5, 0.6) is 0 Å². The topological polar surface area (TPSA) is 65.4 Å². The Bertz CT molecular complexity index is 248. The Morgan fingerprint density at radius 3 is 2.69 bits per heavy atom. The summed E-state index contributed by atoms with van der Waals surface area (Å²) in [4.78, 5) is 5.25. The maximum Gasteiger partial charge on any atom is 0.0798 e. The number of nitrogens with zero attached hydrogens (tertiary/aromatic N) is 1. The van der Waals surface area contributed by atoms with Gasteiger partial charge in [0.05, 0.1) is 30.5 Å². The first-order valence-electron chi connectivity index (χ1n) is 4.12. The van der Waals surface area contributed by atoms with Crippen molar-refractivity contribution in [3.8, 4) is 0 Å². The van der Waals surface area contributed by atoms with Crippen LogP contribution in [0.25, 0.3) is 0 Å². The van der Waals surface area contributed by atoms with Crippen LogP contribution in [0.4, 0.5) is 0 Å². The van der Waals surface area contributed by atoms with Crippen molar-refractivity contribution in [2.75, 3.05) is 13.2 Å². The van der Waals surface area contributed by atoms with Gasteiger partial charge in [0.1, 0.15) is 0 Å². The van der Waals surface area contributed by atoms with Crippen molar-refractivity contribution in [1.82, 2.24) is 10.3 Å². The molecule has 0 unspecified atom stereocenters. The lowest BCUT2D eigenvalue weighted by molar-refractivity contribution is 0.170. The van der Waals surface area contributed by atoms with Crippen LogP contribution < -0.4 is 5.32 Å². The summed E-state index contributed by atoms with van der Waals surface area (Å²) in [5, 5.41) is 20.6. The molecule has 5 heteroatoms. The smallest absolute Gasteiger partial charge is 0.0798 e. The van der Waals surface area contributed by atoms with E-state index in [2.05, 4.69) is 10.3 Å². The van der Waals surface area contributed by atoms with Crippen LogP contribution in [0.2, 0.25) is 0 Å². The molecule has 0 bridgehead atoms. The van der Waals surface area contributed by atoms with Crippen LogP contribution in [-0.4, -0.2) is 34.5 Å². The third-order valence-electron chi connectivity index (χ3n) is 1.84. The van der Waals surface area contributed by atoms with Crippen molar-refractivity contribution in [3.05, 3.63) is 16.1 Å². The van der Waals surface area contributed by atoms with Gasteiger partial charge < -0.3 is 15.5 Å². The van der Waals surface area contributed by atoms with Crippen molar-refractivity contribution >= 4 is 11.3 Å². The van der Waals surface area contributed by atoms with Gasteiger partial charge in [-0.3, -0.25) is 0 Å². The Morgan fingerprint density at radius 2 is 2.23 bits per heavy atom. The summed E-state index contributed by atoms with van der Waals surface area (Å²) in [7, 11) is 0. The van der Waals surface area contributed by atoms with Crippen molar-refractivity contribution in [2.24, 2.45) is 0 Å². The summed E-state index contributed by atoms with van der Waals surface area (Å²) < 4.78 is 0. The fourth-order valence-corrected chi connectivity index (χ4v) is 1.65. The summed E-state index contributed by atoms with van der Waals surface area (Å²) in [5.41, 5.74) is 2.80. The van der Waals surface area contributed by atoms with Gasteiger partial charge in [0.15, 0.2) is 0 Å². The van der Waals surface area contributed by atoms with Gasteiger partial charge in [-0.1, -0.05) is 0 Å². The average molecular weight is 202 g/mol. The van der Waals surface area contributed by atoms with Crippen LogP contribution in [0.3, 0.4) is 0 Å². The van der Waals surface area contributed by atoms with Crippen LogP contribution in [0.15, 0.2) is 5.51 Å². The first-order valence-corrected chi connectivity index (χ1v) is 5.00. The van der Waals surface area contributed by atoms with Crippen LogP contribution in [0.1, 0.15) is 10.6 Å². The number of rotatable bonds is 5. The third kappa shape index (κ3) is 3.04. The van der Waals surface area contributed by atoms with E-state index in [1.54, 1.807) is 16.8 Å². The van der Waals surface area contributed by atoms with E-state index >= 15 is 0 Å². The van der Waals surface area contributed by atoms with Gasteiger partial charge >= 0.3 is 0 Å². The minimum Gasteiger partial charge on any atom is -0.395 e. The van der Waals surface area contributed by atoms with Gasteiger partial charge in [-0.25, -0.2) is 4.98 Å². The molecule has 0 fully saturated rings. The molecule has 0 atom stereocenters. The first-order chi connectivity index (χ1) is 6.27. The Hall–Kier alpha value is -0.490. The lowest BCUT2D eigenvalue weighted by Crippen LogP contribution is -2.35. The number of aromatic nitrogens is 1. The summed E-state index contributed by atoms with van der Waals surface area (Å²) in [6.07, 6.45) is 0. The van der Waals surface area contributed by atoms with E-state index in [4.69, 9.17) is 10.2 Å². The van der Waals surface area contributed by atoms with Gasteiger partial charge in [0.2, 0.25) is 0 Å². The molecular weight excluding hydrogens is 188 g/mol. The summed E-state index contributed by atoms with van der Waals surface area (Å²) >= 11 is 1.58. The van der Waals surface area contributed by atoms with Gasteiger partial charge in [-0.05, 0) is 6.92 Å². The highest BCUT2D eigenvalue weighted by atomic mass is 32.1. The van der Waals surface area contributed by atoms with Crippen LogP contribution in [-0.2, 0) is 6.54 Å². The molecule has 0 saturated carbocycles. The summed E-state index contributed by atoms with van der Waals surface area (Å²) in [5.74, 6) is 0. The monoisotopic (exact) mass is 202 g/mol. The Balaban J connectivity index is 2.38. The SMILES string of the molecule is Cc1ncsc1CNC(CO)CO. The molecule has 0 aliphatic rings. The molecule has 1 rings (SSSR count). The quantitative estimate of drug-likeness (QED) is 0.623. The molecule has 0 amide bonds. The lowest BCUT2D eigenvalue weighted by atomic mass is 10.3. The highest BCUT2D eigenvalue weighted by molar-refractivity contribution is 7.09. The fourth-order valence-electron chi connectivity index (χ4n) is 0.920. The molecule has 13 heavy (non-hydrogen) atoms. The maximum atomic E-state index is 8.79. The number of aliphatic hydroxyl groups is 2. The van der Waals surface area contributed by atoms with E-state index in [1.807, 2.05) is 6.92 Å². The number of thiazole rings is 1. The van der Waals surface area contributed by atoms with Crippen molar-refractivity contribution in [3.63, 3.8) is 0 Å². The second kappa shape index (κ2) is 5.29. The minimum absolute atomic E-state index is 0.0473. The Labute approximate surface area is 81.3 Å². The number of hydrogen-bond donors (Lipinski definition) is 3. The van der Waals surface area contributed by atoms with Gasteiger partial charge in [0.25, 0.3) is 0 Å². The second-order valence-electron chi connectivity index (χ2n) is 2.80.